The van der Waals surface area contributed by atoms with E-state index in [4.69, 9.17) is 0 Å². The van der Waals surface area contributed by atoms with Crippen LogP contribution in [0, 0.1) is 5.92 Å². The number of rotatable bonds is 7. The number of carbonyl (C=O) groups is 1. The number of aliphatic imine (C=N–C) groups is 1. The smallest absolute Gasteiger partial charge is 0.225 e. The van der Waals surface area contributed by atoms with E-state index in [1.54, 1.807) is 7.05 Å². The first-order chi connectivity index (χ1) is 13.8. The van der Waals surface area contributed by atoms with Crippen LogP contribution in [0.5, 0.6) is 0 Å². The van der Waals surface area contributed by atoms with Crippen LogP contribution in [0.4, 0.5) is 0 Å². The van der Waals surface area contributed by atoms with Crippen LogP contribution in [-0.2, 0) is 11.2 Å². The second-order valence-corrected chi connectivity index (χ2v) is 7.65. The third kappa shape index (κ3) is 6.19. The van der Waals surface area contributed by atoms with Gasteiger partial charge in [-0.05, 0) is 25.0 Å². The van der Waals surface area contributed by atoms with Gasteiger partial charge in [0.05, 0.1) is 0 Å². The first-order valence-corrected chi connectivity index (χ1v) is 10.6. The molecule has 1 aromatic heterocycles. The number of amides is 1. The van der Waals surface area contributed by atoms with Crippen molar-refractivity contribution in [2.75, 3.05) is 52.9 Å². The van der Waals surface area contributed by atoms with E-state index in [9.17, 15) is 4.79 Å². The van der Waals surface area contributed by atoms with E-state index < -0.39 is 0 Å². The maximum Gasteiger partial charge on any atom is 0.225 e. The predicted octanol–water partition coefficient (Wildman–Crippen LogP) is 1.12. The number of pyridine rings is 1. The van der Waals surface area contributed by atoms with E-state index in [0.29, 0.717) is 11.8 Å². The Kier molecular flexibility index (Phi) is 8.08. The molecule has 28 heavy (non-hydrogen) atoms. The van der Waals surface area contributed by atoms with E-state index in [2.05, 4.69) is 30.4 Å². The minimum atomic E-state index is 0.300. The Morgan fingerprint density at radius 3 is 2.57 bits per heavy atom. The molecular formula is C21H34N6O. The van der Waals surface area contributed by atoms with Crippen molar-refractivity contribution in [2.45, 2.75) is 32.1 Å². The lowest BCUT2D eigenvalue weighted by atomic mass is 10.1. The van der Waals surface area contributed by atoms with Crippen LogP contribution in [0.2, 0.25) is 0 Å². The lowest BCUT2D eigenvalue weighted by Gasteiger charge is -2.36. The van der Waals surface area contributed by atoms with Crippen LogP contribution in [-0.4, -0.2) is 79.5 Å². The zero-order chi connectivity index (χ0) is 19.6. The summed E-state index contributed by atoms with van der Waals surface area (Å²) in [6.45, 7) is 6.28. The van der Waals surface area contributed by atoms with Gasteiger partial charge in [0.1, 0.15) is 0 Å². The second kappa shape index (κ2) is 11.0. The molecule has 3 rings (SSSR count). The molecule has 0 unspecified atom stereocenters. The molecule has 2 N–H and O–H groups in total. The van der Waals surface area contributed by atoms with Crippen LogP contribution in [0.15, 0.2) is 29.4 Å². The Balaban J connectivity index is 1.28. The van der Waals surface area contributed by atoms with Gasteiger partial charge in [0, 0.05) is 77.1 Å². The average Bonchev–Trinajstić information content (AvgIpc) is 3.28. The van der Waals surface area contributed by atoms with Crippen LogP contribution in [0.25, 0.3) is 0 Å². The van der Waals surface area contributed by atoms with Gasteiger partial charge in [0.2, 0.25) is 5.91 Å². The van der Waals surface area contributed by atoms with Crippen LogP contribution in [0.3, 0.4) is 0 Å². The molecule has 1 amide bonds. The summed E-state index contributed by atoms with van der Waals surface area (Å²) in [5, 5.41) is 6.71. The summed E-state index contributed by atoms with van der Waals surface area (Å²) in [7, 11) is 1.80. The molecule has 0 spiro atoms. The topological polar surface area (TPSA) is 72.9 Å². The number of hydrogen-bond acceptors (Lipinski definition) is 4. The molecule has 2 fully saturated rings. The highest BCUT2D eigenvalue weighted by atomic mass is 16.2. The molecule has 7 heteroatoms. The molecular weight excluding hydrogens is 352 g/mol. The molecule has 154 valence electrons. The molecule has 1 saturated heterocycles. The highest BCUT2D eigenvalue weighted by Gasteiger charge is 2.29. The van der Waals surface area contributed by atoms with Crippen molar-refractivity contribution in [1.82, 2.24) is 25.4 Å². The minimum absolute atomic E-state index is 0.300. The summed E-state index contributed by atoms with van der Waals surface area (Å²) in [6, 6.07) is 5.98. The lowest BCUT2D eigenvalue weighted by Crippen LogP contribution is -2.52. The molecule has 0 bridgehead atoms. The number of piperazine rings is 1. The summed E-state index contributed by atoms with van der Waals surface area (Å²) < 4.78 is 0. The molecule has 1 saturated carbocycles. The fourth-order valence-electron chi connectivity index (χ4n) is 4.03. The van der Waals surface area contributed by atoms with E-state index >= 15 is 0 Å². The fraction of sp³-hybridized carbons (Fsp3) is 0.667. The molecule has 1 aliphatic carbocycles. The minimum Gasteiger partial charge on any atom is -0.356 e. The zero-order valence-corrected chi connectivity index (χ0v) is 17.1. The van der Waals surface area contributed by atoms with Crippen LogP contribution >= 0.6 is 0 Å². The number of aromatic nitrogens is 1. The Morgan fingerprint density at radius 2 is 1.89 bits per heavy atom. The Hall–Kier alpha value is -2.15. The molecule has 1 aromatic rings. The first kappa shape index (κ1) is 20.6. The number of hydrogen-bond donors (Lipinski definition) is 2. The Morgan fingerprint density at radius 1 is 1.14 bits per heavy atom. The summed E-state index contributed by atoms with van der Waals surface area (Å²) in [5.74, 6) is 1.52. The molecule has 0 aromatic carbocycles. The van der Waals surface area contributed by atoms with Crippen molar-refractivity contribution in [1.29, 1.82) is 0 Å². The lowest BCUT2D eigenvalue weighted by molar-refractivity contribution is -0.137. The third-order valence-corrected chi connectivity index (χ3v) is 5.73. The fourth-order valence-corrected chi connectivity index (χ4v) is 4.03. The highest BCUT2D eigenvalue weighted by Crippen LogP contribution is 2.26. The summed E-state index contributed by atoms with van der Waals surface area (Å²) >= 11 is 0. The second-order valence-electron chi connectivity index (χ2n) is 7.65. The molecule has 7 nitrogen and oxygen atoms in total. The van der Waals surface area contributed by atoms with E-state index in [1.807, 2.05) is 24.4 Å². The maximum absolute atomic E-state index is 12.5. The number of nitrogens with zero attached hydrogens (tertiary/aromatic N) is 4. The van der Waals surface area contributed by atoms with E-state index in [1.165, 1.54) is 12.8 Å². The van der Waals surface area contributed by atoms with Gasteiger partial charge >= 0.3 is 0 Å². The molecule has 2 heterocycles. The van der Waals surface area contributed by atoms with E-state index in [0.717, 1.165) is 76.7 Å². The third-order valence-electron chi connectivity index (χ3n) is 5.73. The number of carbonyl (C=O) groups excluding carboxylic acids is 1. The average molecular weight is 387 g/mol. The highest BCUT2D eigenvalue weighted by molar-refractivity contribution is 5.79. The molecule has 2 aliphatic rings. The number of nitrogens with one attached hydrogen (secondary N) is 2. The van der Waals surface area contributed by atoms with E-state index in [-0.39, 0.29) is 0 Å². The largest absolute Gasteiger partial charge is 0.356 e. The summed E-state index contributed by atoms with van der Waals surface area (Å²) in [6.07, 6.45) is 7.32. The molecule has 1 aliphatic heterocycles. The van der Waals surface area contributed by atoms with Crippen molar-refractivity contribution in [3.63, 3.8) is 0 Å². The number of guanidine groups is 1. The van der Waals surface area contributed by atoms with Crippen LogP contribution < -0.4 is 10.6 Å². The van der Waals surface area contributed by atoms with Crippen molar-refractivity contribution in [2.24, 2.45) is 10.9 Å². The standard InChI is InChI=1S/C21H34N6O/c1-22-21(24-11-9-19-8-4-5-10-23-19)25-12-13-26-14-16-27(17-15-26)20(28)18-6-2-3-7-18/h4-5,8,10,18H,2-3,6-7,9,11-17H2,1H3,(H2,22,24,25). The van der Waals surface area contributed by atoms with Gasteiger partial charge < -0.3 is 15.5 Å². The first-order valence-electron chi connectivity index (χ1n) is 10.6. The normalized spacial score (nSPS) is 19.0. The van der Waals surface area contributed by atoms with Crippen molar-refractivity contribution >= 4 is 11.9 Å². The van der Waals surface area contributed by atoms with Gasteiger partial charge in [0.15, 0.2) is 5.96 Å². The maximum atomic E-state index is 12.5. The summed E-state index contributed by atoms with van der Waals surface area (Å²) in [5.41, 5.74) is 1.08. The predicted molar refractivity (Wildman–Crippen MR) is 112 cm³/mol. The summed E-state index contributed by atoms with van der Waals surface area (Å²) in [4.78, 5) is 25.6. The Bertz CT molecular complexity index is 621. The van der Waals surface area contributed by atoms with Crippen LogP contribution in [0.1, 0.15) is 31.4 Å². The van der Waals surface area contributed by atoms with Gasteiger partial charge in [-0.25, -0.2) is 0 Å². The van der Waals surface area contributed by atoms with Crippen molar-refractivity contribution in [3.05, 3.63) is 30.1 Å². The van der Waals surface area contributed by atoms with Gasteiger partial charge in [-0.15, -0.1) is 0 Å². The monoisotopic (exact) mass is 386 g/mol. The SMILES string of the molecule is CN=C(NCCc1ccccn1)NCCN1CCN(C(=O)C2CCCC2)CC1. The quantitative estimate of drug-likeness (QED) is 0.543. The zero-order valence-electron chi connectivity index (χ0n) is 17.1. The van der Waals surface area contributed by atoms with Gasteiger partial charge in [-0.2, -0.15) is 0 Å². The van der Waals surface area contributed by atoms with Gasteiger partial charge in [-0.1, -0.05) is 18.9 Å². The van der Waals surface area contributed by atoms with Crippen molar-refractivity contribution < 1.29 is 4.79 Å². The Labute approximate surface area is 168 Å². The van der Waals surface area contributed by atoms with Gasteiger partial charge in [0.25, 0.3) is 0 Å². The molecule has 0 atom stereocenters. The van der Waals surface area contributed by atoms with Crippen molar-refractivity contribution in [3.8, 4) is 0 Å². The molecule has 0 radical (unpaired) electrons. The van der Waals surface area contributed by atoms with Gasteiger partial charge in [-0.3, -0.25) is 19.7 Å².